The van der Waals surface area contributed by atoms with Crippen molar-refractivity contribution in [3.05, 3.63) is 59.5 Å². The van der Waals surface area contributed by atoms with Crippen molar-refractivity contribution in [2.45, 2.75) is 58.0 Å². The first-order valence-electron chi connectivity index (χ1n) is 12.0. The van der Waals surface area contributed by atoms with E-state index >= 15 is 0 Å². The van der Waals surface area contributed by atoms with Crippen LogP contribution in [-0.2, 0) is 19.1 Å². The lowest BCUT2D eigenvalue weighted by Gasteiger charge is -2.33. The minimum atomic E-state index is -1.06. The molecular weight excluding hydrogens is 450 g/mol. The average molecular weight is 484 g/mol. The summed E-state index contributed by atoms with van der Waals surface area (Å²) in [6.07, 6.45) is 6.30. The number of amides is 3. The fourth-order valence-corrected chi connectivity index (χ4v) is 4.17. The molecule has 2 aromatic rings. The van der Waals surface area contributed by atoms with Gasteiger partial charge >= 0.3 is 5.97 Å². The molecule has 1 atom stereocenters. The van der Waals surface area contributed by atoms with Gasteiger partial charge in [-0.3, -0.25) is 19.2 Å². The lowest BCUT2D eigenvalue weighted by molar-refractivity contribution is -0.152. The molecule has 3 rings (SSSR count). The molecule has 9 nitrogen and oxygen atoms in total. The van der Waals surface area contributed by atoms with Crippen molar-refractivity contribution in [2.75, 3.05) is 19.7 Å². The second kappa shape index (κ2) is 12.7. The maximum Gasteiger partial charge on any atom is 0.325 e. The lowest BCUT2D eigenvalue weighted by Crippen LogP contribution is -2.51. The van der Waals surface area contributed by atoms with Crippen LogP contribution in [0.3, 0.4) is 0 Å². The molecule has 1 aliphatic carbocycles. The number of nitrogens with zero attached hydrogens (tertiary/aromatic N) is 1. The largest absolute Gasteiger partial charge is 0.465 e. The molecule has 1 aromatic heterocycles. The van der Waals surface area contributed by atoms with E-state index in [1.165, 1.54) is 17.2 Å². The fourth-order valence-electron chi connectivity index (χ4n) is 4.17. The Hall–Kier alpha value is -3.62. The van der Waals surface area contributed by atoms with Gasteiger partial charge in [0, 0.05) is 6.04 Å². The summed E-state index contributed by atoms with van der Waals surface area (Å²) in [5.74, 6) is -2.11. The first-order chi connectivity index (χ1) is 16.9. The van der Waals surface area contributed by atoms with Gasteiger partial charge in [-0.05, 0) is 44.4 Å². The van der Waals surface area contributed by atoms with Crippen LogP contribution in [0.5, 0.6) is 0 Å². The molecule has 1 saturated carbocycles. The van der Waals surface area contributed by atoms with Crippen LogP contribution >= 0.6 is 0 Å². The Morgan fingerprint density at radius 3 is 2.43 bits per heavy atom. The zero-order chi connectivity index (χ0) is 25.2. The van der Waals surface area contributed by atoms with Gasteiger partial charge in [-0.25, -0.2) is 0 Å². The van der Waals surface area contributed by atoms with E-state index in [0.717, 1.165) is 37.7 Å². The van der Waals surface area contributed by atoms with E-state index in [1.54, 1.807) is 25.1 Å². The van der Waals surface area contributed by atoms with Crippen molar-refractivity contribution in [2.24, 2.45) is 0 Å². The summed E-state index contributed by atoms with van der Waals surface area (Å²) in [5, 5.41) is 5.57. The first-order valence-corrected chi connectivity index (χ1v) is 12.0. The van der Waals surface area contributed by atoms with Crippen LogP contribution in [0.25, 0.3) is 0 Å². The van der Waals surface area contributed by atoms with Gasteiger partial charge in [0.25, 0.3) is 5.91 Å². The minimum absolute atomic E-state index is 0.0161. The molecule has 1 aromatic carbocycles. The van der Waals surface area contributed by atoms with E-state index in [2.05, 4.69) is 10.6 Å². The number of hydrogen-bond acceptors (Lipinski definition) is 6. The zero-order valence-electron chi connectivity index (χ0n) is 20.2. The molecule has 0 unspecified atom stereocenters. The Kier molecular flexibility index (Phi) is 9.46. The Bertz CT molecular complexity index is 997. The van der Waals surface area contributed by atoms with Crippen molar-refractivity contribution >= 4 is 23.7 Å². The number of ether oxygens (including phenoxy) is 1. The molecule has 0 aliphatic heterocycles. The third kappa shape index (κ3) is 7.43. The van der Waals surface area contributed by atoms with Gasteiger partial charge in [0.15, 0.2) is 5.76 Å². The Labute approximate surface area is 205 Å². The second-order valence-electron chi connectivity index (χ2n) is 8.64. The Balaban J connectivity index is 1.86. The Morgan fingerprint density at radius 2 is 1.80 bits per heavy atom. The SMILES string of the molecule is CCOC(=O)CN(C(=O)CNC(=O)c1ccco1)[C@@H](C(=O)NC1CCCCC1)c1ccc(C)cc1. The number of benzene rings is 1. The van der Waals surface area contributed by atoms with Gasteiger partial charge in [-0.1, -0.05) is 49.1 Å². The minimum Gasteiger partial charge on any atom is -0.465 e. The number of carbonyl (C=O) groups is 4. The maximum atomic E-state index is 13.5. The van der Waals surface area contributed by atoms with Crippen LogP contribution in [0.15, 0.2) is 47.1 Å². The fraction of sp³-hybridized carbons (Fsp3) is 0.462. The van der Waals surface area contributed by atoms with Crippen molar-refractivity contribution in [3.63, 3.8) is 0 Å². The second-order valence-corrected chi connectivity index (χ2v) is 8.64. The van der Waals surface area contributed by atoms with Gasteiger partial charge in [-0.2, -0.15) is 0 Å². The van der Waals surface area contributed by atoms with E-state index in [-0.39, 0.29) is 24.3 Å². The molecule has 0 radical (unpaired) electrons. The molecule has 3 amide bonds. The van der Waals surface area contributed by atoms with Crippen LogP contribution in [0, 0.1) is 6.92 Å². The third-order valence-corrected chi connectivity index (χ3v) is 5.97. The summed E-state index contributed by atoms with van der Waals surface area (Å²) >= 11 is 0. The van der Waals surface area contributed by atoms with E-state index in [0.29, 0.717) is 5.56 Å². The molecule has 9 heteroatoms. The molecule has 0 saturated heterocycles. The van der Waals surface area contributed by atoms with Crippen LogP contribution < -0.4 is 10.6 Å². The van der Waals surface area contributed by atoms with Crippen molar-refractivity contribution in [1.82, 2.24) is 15.5 Å². The van der Waals surface area contributed by atoms with E-state index < -0.39 is 36.9 Å². The molecule has 35 heavy (non-hydrogen) atoms. The molecule has 1 aliphatic rings. The van der Waals surface area contributed by atoms with Crippen LogP contribution in [-0.4, -0.2) is 54.3 Å². The molecule has 0 bridgehead atoms. The van der Waals surface area contributed by atoms with Crippen LogP contribution in [0.2, 0.25) is 0 Å². The standard InChI is InChI=1S/C26H33N3O6/c1-3-34-23(31)17-29(22(30)16-27-25(32)21-10-7-15-35-21)24(19-13-11-18(2)12-14-19)26(33)28-20-8-5-4-6-9-20/h7,10-15,20,24H,3-6,8-9,16-17H2,1-2H3,(H,27,32)(H,28,33)/t24-/m1/s1. The Morgan fingerprint density at radius 1 is 1.09 bits per heavy atom. The van der Waals surface area contributed by atoms with Gasteiger partial charge in [0.2, 0.25) is 11.8 Å². The zero-order valence-corrected chi connectivity index (χ0v) is 20.2. The summed E-state index contributed by atoms with van der Waals surface area (Å²) in [7, 11) is 0. The summed E-state index contributed by atoms with van der Waals surface area (Å²) < 4.78 is 10.1. The highest BCUT2D eigenvalue weighted by Gasteiger charge is 2.34. The van der Waals surface area contributed by atoms with Gasteiger partial charge in [0.05, 0.1) is 19.4 Å². The highest BCUT2D eigenvalue weighted by molar-refractivity contribution is 5.96. The van der Waals surface area contributed by atoms with Crippen LogP contribution in [0.4, 0.5) is 0 Å². The molecular formula is C26H33N3O6. The van der Waals surface area contributed by atoms with Gasteiger partial charge in [-0.15, -0.1) is 0 Å². The normalized spacial score (nSPS) is 14.6. The van der Waals surface area contributed by atoms with Crippen molar-refractivity contribution in [3.8, 4) is 0 Å². The van der Waals surface area contributed by atoms with Gasteiger partial charge < -0.3 is 24.7 Å². The van der Waals surface area contributed by atoms with Gasteiger partial charge in [0.1, 0.15) is 12.6 Å². The molecule has 1 heterocycles. The predicted octanol–water partition coefficient (Wildman–Crippen LogP) is 2.90. The number of furan rings is 1. The number of nitrogens with one attached hydrogen (secondary N) is 2. The highest BCUT2D eigenvalue weighted by atomic mass is 16.5. The summed E-state index contributed by atoms with van der Waals surface area (Å²) in [5.41, 5.74) is 1.56. The smallest absolute Gasteiger partial charge is 0.325 e. The van der Waals surface area contributed by atoms with E-state index in [1.807, 2.05) is 19.1 Å². The number of esters is 1. The molecule has 188 valence electrons. The molecule has 0 spiro atoms. The topological polar surface area (TPSA) is 118 Å². The quantitative estimate of drug-likeness (QED) is 0.502. The summed E-state index contributed by atoms with van der Waals surface area (Å²) in [6.45, 7) is 2.88. The monoisotopic (exact) mass is 483 g/mol. The summed E-state index contributed by atoms with van der Waals surface area (Å²) in [4.78, 5) is 52.8. The number of carbonyl (C=O) groups excluding carboxylic acids is 4. The molecule has 2 N–H and O–H groups in total. The number of hydrogen-bond donors (Lipinski definition) is 2. The highest BCUT2D eigenvalue weighted by Crippen LogP contribution is 2.24. The van der Waals surface area contributed by atoms with E-state index in [4.69, 9.17) is 9.15 Å². The van der Waals surface area contributed by atoms with Crippen molar-refractivity contribution < 1.29 is 28.3 Å². The number of aryl methyl sites for hydroxylation is 1. The van der Waals surface area contributed by atoms with Crippen molar-refractivity contribution in [1.29, 1.82) is 0 Å². The number of rotatable bonds is 10. The first kappa shape index (κ1) is 26.0. The van der Waals surface area contributed by atoms with Crippen LogP contribution in [0.1, 0.15) is 66.8 Å². The lowest BCUT2D eigenvalue weighted by atomic mass is 9.94. The maximum absolute atomic E-state index is 13.5. The predicted molar refractivity (Wildman–Crippen MR) is 128 cm³/mol. The average Bonchev–Trinajstić information content (AvgIpc) is 3.39. The third-order valence-electron chi connectivity index (χ3n) is 5.97. The molecule has 1 fully saturated rings. The summed E-state index contributed by atoms with van der Waals surface area (Å²) in [6, 6.07) is 9.23. The van der Waals surface area contributed by atoms with E-state index in [9.17, 15) is 19.2 Å².